The Hall–Kier alpha value is -1.22. The normalized spacial score (nSPS) is 11.2. The summed E-state index contributed by atoms with van der Waals surface area (Å²) < 4.78 is 37.8. The van der Waals surface area contributed by atoms with E-state index in [0.717, 1.165) is 17.8 Å². The van der Waals surface area contributed by atoms with Gasteiger partial charge in [0, 0.05) is 15.9 Å². The van der Waals surface area contributed by atoms with Gasteiger partial charge < -0.3 is 15.2 Å². The number of carboxylic acids is 1. The molecule has 20 heavy (non-hydrogen) atoms. The molecule has 0 heterocycles. The monoisotopic (exact) mass is 370 g/mol. The van der Waals surface area contributed by atoms with E-state index in [9.17, 15) is 27.9 Å². The molecule has 1 aromatic carbocycles. The first-order chi connectivity index (χ1) is 9.20. The van der Waals surface area contributed by atoms with Gasteiger partial charge in [-0.25, -0.2) is 0 Å². The number of carbonyl (C=O) groups is 2. The molecule has 1 rings (SSSR count). The summed E-state index contributed by atoms with van der Waals surface area (Å²) in [5.74, 6) is -2.45. The van der Waals surface area contributed by atoms with Gasteiger partial charge in [0.05, 0.1) is 17.3 Å². The first kappa shape index (κ1) is 16.8. The van der Waals surface area contributed by atoms with Crippen LogP contribution in [0.3, 0.4) is 0 Å². The van der Waals surface area contributed by atoms with Crippen molar-refractivity contribution in [3.63, 3.8) is 0 Å². The smallest absolute Gasteiger partial charge is 0.417 e. The second kappa shape index (κ2) is 6.98. The van der Waals surface area contributed by atoms with Crippen LogP contribution >= 0.6 is 27.7 Å². The number of carbonyl (C=O) groups excluding carboxylic acids is 2. The van der Waals surface area contributed by atoms with Gasteiger partial charge in [-0.3, -0.25) is 4.79 Å². The van der Waals surface area contributed by atoms with Gasteiger partial charge in [0.2, 0.25) is 5.91 Å². The van der Waals surface area contributed by atoms with Gasteiger partial charge in [-0.1, -0.05) is 15.9 Å². The summed E-state index contributed by atoms with van der Waals surface area (Å²) in [5, 5.41) is 12.4. The van der Waals surface area contributed by atoms with Gasteiger partial charge in [-0.15, -0.1) is 11.8 Å². The van der Waals surface area contributed by atoms with Crippen LogP contribution in [-0.2, 0) is 15.8 Å². The van der Waals surface area contributed by atoms with Gasteiger partial charge in [-0.05, 0) is 18.2 Å². The van der Waals surface area contributed by atoms with Crippen molar-refractivity contribution < 1.29 is 27.9 Å². The first-order valence-electron chi connectivity index (χ1n) is 5.14. The van der Waals surface area contributed by atoms with Gasteiger partial charge in [-0.2, -0.15) is 13.2 Å². The highest BCUT2D eigenvalue weighted by Crippen LogP contribution is 2.36. The molecule has 0 aromatic heterocycles. The topological polar surface area (TPSA) is 69.2 Å². The third-order valence-corrected chi connectivity index (χ3v) is 3.61. The summed E-state index contributed by atoms with van der Waals surface area (Å²) >= 11 is 3.58. The number of aliphatic carboxylic acids is 1. The number of carboxylic acid groups (broad SMARTS) is 1. The van der Waals surface area contributed by atoms with Crippen molar-refractivity contribution in [2.24, 2.45) is 0 Å². The van der Waals surface area contributed by atoms with Gasteiger partial charge in [0.25, 0.3) is 0 Å². The van der Waals surface area contributed by atoms with Crippen LogP contribution in [0.25, 0.3) is 0 Å². The Kier molecular flexibility index (Phi) is 5.88. The van der Waals surface area contributed by atoms with Crippen molar-refractivity contribution >= 4 is 45.3 Å². The van der Waals surface area contributed by atoms with E-state index in [-0.39, 0.29) is 21.7 Å². The molecule has 4 nitrogen and oxygen atoms in total. The highest BCUT2D eigenvalue weighted by atomic mass is 79.9. The van der Waals surface area contributed by atoms with Crippen molar-refractivity contribution in [1.82, 2.24) is 0 Å². The summed E-state index contributed by atoms with van der Waals surface area (Å²) in [6.45, 7) is 0. The Morgan fingerprint density at radius 2 is 1.95 bits per heavy atom. The highest BCUT2D eigenvalue weighted by molar-refractivity contribution is 9.10. The van der Waals surface area contributed by atoms with E-state index in [1.54, 1.807) is 0 Å². The lowest BCUT2D eigenvalue weighted by Crippen LogP contribution is -2.25. The number of amides is 1. The third-order valence-electron chi connectivity index (χ3n) is 2.01. The lowest BCUT2D eigenvalue weighted by atomic mass is 10.2. The fraction of sp³-hybridized carbons (Fsp3) is 0.273. The number of benzene rings is 1. The van der Waals surface area contributed by atoms with Crippen molar-refractivity contribution in [2.75, 3.05) is 16.8 Å². The van der Waals surface area contributed by atoms with Crippen LogP contribution in [0.1, 0.15) is 5.56 Å². The number of hydrogen-bond acceptors (Lipinski definition) is 4. The molecule has 0 aliphatic rings. The summed E-state index contributed by atoms with van der Waals surface area (Å²) in [7, 11) is 0. The SMILES string of the molecule is O=C([O-])CSCC(=O)Nc1ccc(Br)c(C(F)(F)F)c1. The molecule has 0 spiro atoms. The molecule has 0 atom stereocenters. The standard InChI is InChI=1S/C11H9BrF3NO3S/c12-8-2-1-6(3-7(8)11(13,14)15)16-9(17)4-20-5-10(18)19/h1-3H,4-5H2,(H,16,17)(H,18,19)/p-1. The second-order valence-corrected chi connectivity index (χ2v) is 5.45. The molecule has 1 N–H and O–H groups in total. The number of anilines is 1. The predicted octanol–water partition coefficient (Wildman–Crippen LogP) is 1.89. The Morgan fingerprint density at radius 1 is 1.30 bits per heavy atom. The molecule has 0 unspecified atom stereocenters. The number of alkyl halides is 3. The summed E-state index contributed by atoms with van der Waals surface area (Å²) in [4.78, 5) is 21.5. The van der Waals surface area contributed by atoms with Crippen molar-refractivity contribution in [3.8, 4) is 0 Å². The van der Waals surface area contributed by atoms with Crippen molar-refractivity contribution in [1.29, 1.82) is 0 Å². The van der Waals surface area contributed by atoms with E-state index in [2.05, 4.69) is 21.2 Å². The van der Waals surface area contributed by atoms with Crippen LogP contribution in [-0.4, -0.2) is 23.4 Å². The zero-order chi connectivity index (χ0) is 15.3. The largest absolute Gasteiger partial charge is 0.549 e. The quantitative estimate of drug-likeness (QED) is 0.859. The fourth-order valence-electron chi connectivity index (χ4n) is 1.24. The van der Waals surface area contributed by atoms with Crippen LogP contribution in [0, 0.1) is 0 Å². The fourth-order valence-corrected chi connectivity index (χ4v) is 2.24. The molecule has 0 aliphatic carbocycles. The van der Waals surface area contributed by atoms with E-state index < -0.39 is 23.6 Å². The molecule has 9 heteroatoms. The number of halogens is 4. The Morgan fingerprint density at radius 3 is 2.50 bits per heavy atom. The van der Waals surface area contributed by atoms with E-state index in [0.29, 0.717) is 0 Å². The zero-order valence-corrected chi connectivity index (χ0v) is 12.2. The molecule has 110 valence electrons. The number of nitrogens with one attached hydrogen (secondary N) is 1. The zero-order valence-electron chi connectivity index (χ0n) is 9.79. The van der Waals surface area contributed by atoms with Gasteiger partial charge >= 0.3 is 6.18 Å². The Labute approximate surface area is 124 Å². The molecule has 0 bridgehead atoms. The molecular weight excluding hydrogens is 363 g/mol. The van der Waals surface area contributed by atoms with Crippen LogP contribution in [0.15, 0.2) is 22.7 Å². The average Bonchev–Trinajstić information content (AvgIpc) is 2.29. The summed E-state index contributed by atoms with van der Waals surface area (Å²) in [6.07, 6.45) is -4.54. The summed E-state index contributed by atoms with van der Waals surface area (Å²) in [5.41, 5.74) is -0.919. The maximum atomic E-state index is 12.6. The predicted molar refractivity (Wildman–Crippen MR) is 70.1 cm³/mol. The Bertz CT molecular complexity index is 522. The van der Waals surface area contributed by atoms with E-state index >= 15 is 0 Å². The van der Waals surface area contributed by atoms with Crippen LogP contribution in [0.4, 0.5) is 18.9 Å². The minimum Gasteiger partial charge on any atom is -0.549 e. The van der Waals surface area contributed by atoms with E-state index in [1.807, 2.05) is 0 Å². The van der Waals surface area contributed by atoms with Crippen molar-refractivity contribution in [2.45, 2.75) is 6.18 Å². The van der Waals surface area contributed by atoms with E-state index in [1.165, 1.54) is 12.1 Å². The number of hydrogen-bond donors (Lipinski definition) is 1. The minimum atomic E-state index is -4.54. The molecule has 0 fully saturated rings. The average molecular weight is 371 g/mol. The minimum absolute atomic E-state index is 0.0143. The number of rotatable bonds is 5. The molecule has 0 saturated carbocycles. The van der Waals surface area contributed by atoms with Crippen LogP contribution in [0.5, 0.6) is 0 Å². The van der Waals surface area contributed by atoms with Crippen LogP contribution in [0.2, 0.25) is 0 Å². The third kappa shape index (κ3) is 5.41. The highest BCUT2D eigenvalue weighted by Gasteiger charge is 2.33. The maximum Gasteiger partial charge on any atom is 0.417 e. The molecule has 1 amide bonds. The number of thioether (sulfide) groups is 1. The van der Waals surface area contributed by atoms with Crippen LogP contribution < -0.4 is 10.4 Å². The lowest BCUT2D eigenvalue weighted by molar-refractivity contribution is -0.301. The van der Waals surface area contributed by atoms with E-state index in [4.69, 9.17) is 0 Å². The second-order valence-electron chi connectivity index (χ2n) is 3.61. The van der Waals surface area contributed by atoms with Crippen molar-refractivity contribution in [3.05, 3.63) is 28.2 Å². The Balaban J connectivity index is 2.69. The lowest BCUT2D eigenvalue weighted by Gasteiger charge is -2.12. The molecule has 1 aromatic rings. The molecule has 0 radical (unpaired) electrons. The van der Waals surface area contributed by atoms with Gasteiger partial charge in [0.15, 0.2) is 0 Å². The first-order valence-corrected chi connectivity index (χ1v) is 7.09. The summed E-state index contributed by atoms with van der Waals surface area (Å²) in [6, 6.07) is 3.28. The molecular formula is C11H8BrF3NO3S-. The molecule has 0 saturated heterocycles. The maximum absolute atomic E-state index is 12.6. The van der Waals surface area contributed by atoms with Gasteiger partial charge in [0.1, 0.15) is 0 Å². The molecule has 0 aliphatic heterocycles.